The zero-order chi connectivity index (χ0) is 39.0. The van der Waals surface area contributed by atoms with Crippen molar-refractivity contribution in [1.29, 1.82) is 5.26 Å². The van der Waals surface area contributed by atoms with Gasteiger partial charge in [-0.15, -0.1) is 11.3 Å². The number of fused-ring (bicyclic) bond motifs is 3. The fourth-order valence-corrected chi connectivity index (χ4v) is 9.70. The summed E-state index contributed by atoms with van der Waals surface area (Å²) in [7, 11) is 0. The van der Waals surface area contributed by atoms with E-state index in [9.17, 15) is 14.4 Å². The molecule has 4 atom stereocenters. The molecule has 0 radical (unpaired) electrons. The molecular weight excluding hydrogens is 751 g/mol. The second-order valence-corrected chi connectivity index (χ2v) is 15.3. The summed E-state index contributed by atoms with van der Waals surface area (Å²) in [5.41, 5.74) is 1.88. The van der Waals surface area contributed by atoms with Gasteiger partial charge in [0, 0.05) is 54.5 Å². The largest absolute Gasteiger partial charge is 0.461 e. The molecule has 3 saturated heterocycles. The lowest BCUT2D eigenvalue weighted by atomic mass is 9.92. The average molecular weight is 785 g/mol. The topological polar surface area (TPSA) is 138 Å². The Kier molecular flexibility index (Phi) is 9.07. The number of nitrogens with two attached hydrogens (primary N) is 1. The number of alkyl halides is 4. The number of benzene rings is 2. The van der Waals surface area contributed by atoms with Crippen molar-refractivity contribution in [3.05, 3.63) is 59.0 Å². The molecule has 11 nitrogen and oxygen atoms in total. The molecule has 8 rings (SSSR count). The SMILES string of the molecule is CCN(c1nc(OCC23CCCN2CC(F)C3)nc2c(F)c(-c3ccc(F)c4sc(N)c(C#N)c34)c(C(F)(F)F)cc12)C1CCN(C(=O)c2ccon2)C1C. The summed E-state index contributed by atoms with van der Waals surface area (Å²) < 4.78 is 103. The van der Waals surface area contributed by atoms with Crippen LogP contribution in [0.15, 0.2) is 35.1 Å². The molecule has 288 valence electrons. The van der Waals surface area contributed by atoms with Crippen LogP contribution in [-0.4, -0.2) is 87.4 Å². The van der Waals surface area contributed by atoms with Crippen LogP contribution in [0.2, 0.25) is 0 Å². The molecule has 3 fully saturated rings. The highest BCUT2D eigenvalue weighted by molar-refractivity contribution is 7.23. The third-order valence-corrected chi connectivity index (χ3v) is 12.3. The molecule has 2 aromatic carbocycles. The summed E-state index contributed by atoms with van der Waals surface area (Å²) in [5.74, 6) is -2.70. The van der Waals surface area contributed by atoms with E-state index in [0.717, 1.165) is 24.6 Å². The molecule has 55 heavy (non-hydrogen) atoms. The van der Waals surface area contributed by atoms with E-state index in [1.54, 1.807) is 23.6 Å². The second-order valence-electron chi connectivity index (χ2n) is 14.2. The van der Waals surface area contributed by atoms with Crippen molar-refractivity contribution >= 4 is 49.1 Å². The number of anilines is 2. The van der Waals surface area contributed by atoms with Gasteiger partial charge in [-0.05, 0) is 57.4 Å². The van der Waals surface area contributed by atoms with Crippen LogP contribution in [0.4, 0.5) is 37.2 Å². The van der Waals surface area contributed by atoms with Crippen LogP contribution in [0.5, 0.6) is 6.01 Å². The Hall–Kier alpha value is -5.15. The molecule has 0 spiro atoms. The van der Waals surface area contributed by atoms with Gasteiger partial charge in [-0.2, -0.15) is 28.4 Å². The monoisotopic (exact) mass is 784 g/mol. The zero-order valence-corrected chi connectivity index (χ0v) is 30.4. The minimum atomic E-state index is -5.15. The summed E-state index contributed by atoms with van der Waals surface area (Å²) in [5, 5.41) is 13.0. The lowest BCUT2D eigenvalue weighted by Crippen LogP contribution is -2.46. The summed E-state index contributed by atoms with van der Waals surface area (Å²) >= 11 is 0.671. The first kappa shape index (κ1) is 36.8. The van der Waals surface area contributed by atoms with Crippen molar-refractivity contribution in [1.82, 2.24) is 24.9 Å². The van der Waals surface area contributed by atoms with E-state index in [4.69, 9.17) is 15.0 Å². The van der Waals surface area contributed by atoms with E-state index in [1.807, 2.05) is 11.0 Å². The normalized spacial score (nSPS) is 22.8. The van der Waals surface area contributed by atoms with E-state index >= 15 is 22.0 Å². The number of amides is 1. The van der Waals surface area contributed by atoms with Crippen molar-refractivity contribution in [3.8, 4) is 23.2 Å². The van der Waals surface area contributed by atoms with Gasteiger partial charge in [0.05, 0.1) is 27.4 Å². The Morgan fingerprint density at radius 2 is 2.04 bits per heavy atom. The molecule has 1 amide bonds. The number of likely N-dealkylation sites (N-methyl/N-ethyl adjacent to an activating group) is 1. The standard InChI is InChI=1S/C37H34F6N8O3S/c1-3-50(26-7-11-51(18(26)2)34(52)25-8-12-54-48-25)33-21-13-23(37(41,42)43)28(20-5-6-24(39)31-27(20)22(15-44)32(45)55-31)29(40)30(21)46-35(47-33)53-17-36-9-4-10-49(36)16-19(38)14-36/h5-6,8,12-13,18-19,26H,3-4,7,9-11,14,16-17,45H2,1-2H3. The zero-order valence-electron chi connectivity index (χ0n) is 29.6. The molecule has 0 saturated carbocycles. The molecule has 3 aromatic heterocycles. The van der Waals surface area contributed by atoms with Gasteiger partial charge in [0.25, 0.3) is 5.91 Å². The van der Waals surface area contributed by atoms with Gasteiger partial charge in [0.15, 0.2) is 11.5 Å². The fraction of sp³-hybridized carbons (Fsp3) is 0.432. The van der Waals surface area contributed by atoms with E-state index in [-0.39, 0.29) is 76.2 Å². The van der Waals surface area contributed by atoms with E-state index < -0.39 is 69.7 Å². The summed E-state index contributed by atoms with van der Waals surface area (Å²) in [6.07, 6.45) is -2.90. The second kappa shape index (κ2) is 13.6. The van der Waals surface area contributed by atoms with Crippen LogP contribution >= 0.6 is 11.3 Å². The molecule has 6 heterocycles. The van der Waals surface area contributed by atoms with Gasteiger partial charge in [-0.3, -0.25) is 9.69 Å². The number of hydrogen-bond acceptors (Lipinski definition) is 11. The van der Waals surface area contributed by atoms with Crippen molar-refractivity contribution < 1.29 is 40.4 Å². The van der Waals surface area contributed by atoms with Crippen molar-refractivity contribution in [2.24, 2.45) is 0 Å². The lowest BCUT2D eigenvalue weighted by Gasteiger charge is -2.35. The van der Waals surface area contributed by atoms with Gasteiger partial charge < -0.3 is 24.8 Å². The molecule has 3 aliphatic heterocycles. The number of ether oxygens (including phenoxy) is 1. The maximum absolute atomic E-state index is 17.3. The summed E-state index contributed by atoms with van der Waals surface area (Å²) in [6.45, 7) is 4.87. The number of carbonyl (C=O) groups is 1. The van der Waals surface area contributed by atoms with E-state index in [2.05, 4.69) is 15.1 Å². The first-order valence-corrected chi connectivity index (χ1v) is 18.6. The Morgan fingerprint density at radius 1 is 1.24 bits per heavy atom. The fourth-order valence-electron chi connectivity index (χ4n) is 8.76. The van der Waals surface area contributed by atoms with Crippen molar-refractivity contribution in [2.75, 3.05) is 43.4 Å². The maximum Gasteiger partial charge on any atom is 0.417 e. The summed E-state index contributed by atoms with van der Waals surface area (Å²) in [4.78, 5) is 27.6. The molecule has 0 bridgehead atoms. The van der Waals surface area contributed by atoms with Gasteiger partial charge in [0.1, 0.15) is 47.3 Å². The van der Waals surface area contributed by atoms with Crippen LogP contribution in [-0.2, 0) is 6.18 Å². The number of aromatic nitrogens is 3. The van der Waals surface area contributed by atoms with Crippen LogP contribution in [0, 0.1) is 23.0 Å². The van der Waals surface area contributed by atoms with Crippen molar-refractivity contribution in [2.45, 2.75) is 69.5 Å². The highest BCUT2D eigenvalue weighted by atomic mass is 32.1. The molecule has 5 aromatic rings. The first-order valence-electron chi connectivity index (χ1n) is 17.8. The highest BCUT2D eigenvalue weighted by Gasteiger charge is 2.50. The molecule has 0 aliphatic carbocycles. The minimum Gasteiger partial charge on any atom is -0.461 e. The summed E-state index contributed by atoms with van der Waals surface area (Å²) in [6, 6.07) is 4.56. The molecule has 18 heteroatoms. The highest BCUT2D eigenvalue weighted by Crippen LogP contribution is 2.49. The van der Waals surface area contributed by atoms with E-state index in [1.165, 1.54) is 12.3 Å². The van der Waals surface area contributed by atoms with Crippen LogP contribution in [0.3, 0.4) is 0 Å². The van der Waals surface area contributed by atoms with E-state index in [0.29, 0.717) is 30.7 Å². The Labute approximate surface area is 314 Å². The number of likely N-dealkylation sites (tertiary alicyclic amines) is 1. The average Bonchev–Trinajstić information content (AvgIpc) is 3.98. The Bertz CT molecular complexity index is 2370. The molecule has 4 unspecified atom stereocenters. The van der Waals surface area contributed by atoms with Crippen LogP contribution in [0.1, 0.15) is 61.1 Å². The predicted octanol–water partition coefficient (Wildman–Crippen LogP) is 7.34. The van der Waals surface area contributed by atoms with Gasteiger partial charge in [-0.1, -0.05) is 11.2 Å². The van der Waals surface area contributed by atoms with Gasteiger partial charge in [0.2, 0.25) is 0 Å². The number of halogens is 6. The Balaban J connectivity index is 1.32. The molecule has 2 N–H and O–H groups in total. The number of thiophene rings is 1. The van der Waals surface area contributed by atoms with Crippen molar-refractivity contribution in [3.63, 3.8) is 0 Å². The Morgan fingerprint density at radius 3 is 2.75 bits per heavy atom. The van der Waals surface area contributed by atoms with Crippen LogP contribution in [0.25, 0.3) is 32.1 Å². The first-order chi connectivity index (χ1) is 26.3. The number of rotatable bonds is 8. The third-order valence-electron chi connectivity index (χ3n) is 11.3. The third kappa shape index (κ3) is 5.98. The smallest absolute Gasteiger partial charge is 0.417 e. The van der Waals surface area contributed by atoms with Crippen LogP contribution < -0.4 is 15.4 Å². The van der Waals surface area contributed by atoms with Gasteiger partial charge in [-0.25, -0.2) is 13.2 Å². The lowest BCUT2D eigenvalue weighted by molar-refractivity contribution is -0.137. The molecule has 3 aliphatic rings. The maximum atomic E-state index is 17.3. The number of hydrogen-bond donors (Lipinski definition) is 1. The number of nitrogens with zero attached hydrogens (tertiary/aromatic N) is 7. The quantitative estimate of drug-likeness (QED) is 0.159. The molecular formula is C37H34F6N8O3S. The predicted molar refractivity (Wildman–Crippen MR) is 191 cm³/mol. The van der Waals surface area contributed by atoms with Gasteiger partial charge >= 0.3 is 12.2 Å². The number of nitrogen functional groups attached to an aromatic ring is 1. The number of nitriles is 1. The number of carbonyl (C=O) groups excluding carboxylic acids is 1. The minimum absolute atomic E-state index is 0.0439.